The van der Waals surface area contributed by atoms with Crippen LogP contribution < -0.4 is 5.32 Å². The molecule has 13 heavy (non-hydrogen) atoms. The van der Waals surface area contributed by atoms with E-state index in [4.69, 9.17) is 0 Å². The van der Waals surface area contributed by atoms with Crippen LogP contribution in [0.5, 0.6) is 0 Å². The fraction of sp³-hybridized carbons (Fsp3) is 0.600. The monoisotopic (exact) mass is 197 g/mol. The first-order chi connectivity index (χ1) is 6.25. The van der Waals surface area contributed by atoms with Gasteiger partial charge in [-0.1, -0.05) is 0 Å². The Bertz CT molecular complexity index is 250. The molecule has 1 aromatic heterocycles. The molecular weight excluding hydrogens is 182 g/mol. The van der Waals surface area contributed by atoms with Crippen molar-refractivity contribution in [3.05, 3.63) is 22.4 Å². The van der Waals surface area contributed by atoms with E-state index in [0.717, 1.165) is 12.8 Å². The average Bonchev–Trinajstić information content (AvgIpc) is 2.53. The van der Waals surface area contributed by atoms with Crippen molar-refractivity contribution in [3.8, 4) is 0 Å². The number of aliphatic hydroxyl groups excluding tert-OH is 1. The molecule has 3 heteroatoms. The second-order valence-electron chi connectivity index (χ2n) is 3.80. The van der Waals surface area contributed by atoms with Gasteiger partial charge >= 0.3 is 0 Å². The summed E-state index contributed by atoms with van der Waals surface area (Å²) in [6, 6.07) is 2.91. The highest BCUT2D eigenvalue weighted by molar-refractivity contribution is 7.07. The van der Waals surface area contributed by atoms with Crippen LogP contribution >= 0.6 is 11.3 Å². The van der Waals surface area contributed by atoms with Crippen molar-refractivity contribution in [2.45, 2.75) is 38.0 Å². The van der Waals surface area contributed by atoms with Crippen molar-refractivity contribution in [3.63, 3.8) is 0 Å². The molecule has 3 unspecified atom stereocenters. The van der Waals surface area contributed by atoms with Gasteiger partial charge in [0.25, 0.3) is 0 Å². The molecule has 1 fully saturated rings. The van der Waals surface area contributed by atoms with Gasteiger partial charge in [-0.25, -0.2) is 0 Å². The van der Waals surface area contributed by atoms with Gasteiger partial charge < -0.3 is 10.4 Å². The number of hydrogen-bond donors (Lipinski definition) is 2. The Kier molecular flexibility index (Phi) is 2.67. The maximum absolute atomic E-state index is 9.61. The summed E-state index contributed by atoms with van der Waals surface area (Å²) in [6.07, 6.45) is 1.59. The van der Waals surface area contributed by atoms with E-state index in [0.29, 0.717) is 12.1 Å². The maximum atomic E-state index is 9.61. The van der Waals surface area contributed by atoms with E-state index in [1.165, 1.54) is 5.56 Å². The van der Waals surface area contributed by atoms with E-state index < -0.39 is 0 Å². The predicted octanol–water partition coefficient (Wildman–Crippen LogP) is 1.92. The number of rotatable bonds is 1. The predicted molar refractivity (Wildman–Crippen MR) is 54.9 cm³/mol. The van der Waals surface area contributed by atoms with Crippen molar-refractivity contribution >= 4 is 11.3 Å². The van der Waals surface area contributed by atoms with E-state index in [1.807, 2.05) is 0 Å². The number of nitrogens with one attached hydrogen (secondary N) is 1. The molecule has 0 radical (unpaired) electrons. The Morgan fingerprint density at radius 2 is 2.38 bits per heavy atom. The SMILES string of the molecule is CC1CC(O)CC(c2ccsc2)N1. The average molecular weight is 197 g/mol. The topological polar surface area (TPSA) is 32.3 Å². The van der Waals surface area contributed by atoms with Crippen molar-refractivity contribution in [1.82, 2.24) is 5.32 Å². The molecule has 0 aromatic carbocycles. The van der Waals surface area contributed by atoms with Gasteiger partial charge in [0, 0.05) is 12.1 Å². The molecule has 0 amide bonds. The summed E-state index contributed by atoms with van der Waals surface area (Å²) >= 11 is 1.71. The minimum Gasteiger partial charge on any atom is -0.393 e. The van der Waals surface area contributed by atoms with Gasteiger partial charge in [0.05, 0.1) is 6.10 Å². The largest absolute Gasteiger partial charge is 0.393 e. The minimum atomic E-state index is -0.138. The number of thiophene rings is 1. The van der Waals surface area contributed by atoms with E-state index in [9.17, 15) is 5.11 Å². The molecule has 1 saturated heterocycles. The molecule has 1 aliphatic heterocycles. The van der Waals surface area contributed by atoms with Gasteiger partial charge in [-0.15, -0.1) is 0 Å². The molecule has 0 saturated carbocycles. The molecule has 72 valence electrons. The van der Waals surface area contributed by atoms with E-state index in [1.54, 1.807) is 11.3 Å². The van der Waals surface area contributed by atoms with Crippen LogP contribution in [-0.2, 0) is 0 Å². The molecule has 2 nitrogen and oxygen atoms in total. The molecule has 2 N–H and O–H groups in total. The smallest absolute Gasteiger partial charge is 0.0573 e. The number of piperidine rings is 1. The lowest BCUT2D eigenvalue weighted by molar-refractivity contribution is 0.0976. The molecular formula is C10H15NOS. The summed E-state index contributed by atoms with van der Waals surface area (Å²) in [5, 5.41) is 17.3. The lowest BCUT2D eigenvalue weighted by atomic mass is 9.93. The zero-order valence-corrected chi connectivity index (χ0v) is 8.55. The van der Waals surface area contributed by atoms with Crippen LogP contribution in [0, 0.1) is 0 Å². The van der Waals surface area contributed by atoms with Gasteiger partial charge in [-0.05, 0) is 42.2 Å². The van der Waals surface area contributed by atoms with E-state index in [2.05, 4.69) is 29.1 Å². The molecule has 0 spiro atoms. The second kappa shape index (κ2) is 3.78. The van der Waals surface area contributed by atoms with Crippen molar-refractivity contribution in [1.29, 1.82) is 0 Å². The third kappa shape index (κ3) is 2.10. The fourth-order valence-corrected chi connectivity index (χ4v) is 2.68. The molecule has 2 heterocycles. The lowest BCUT2D eigenvalue weighted by Gasteiger charge is -2.31. The highest BCUT2D eigenvalue weighted by atomic mass is 32.1. The molecule has 1 aromatic rings. The minimum absolute atomic E-state index is 0.138. The molecule has 0 bridgehead atoms. The Morgan fingerprint density at radius 1 is 1.54 bits per heavy atom. The first-order valence-electron chi connectivity index (χ1n) is 4.72. The lowest BCUT2D eigenvalue weighted by Crippen LogP contribution is -2.40. The van der Waals surface area contributed by atoms with Crippen LogP contribution in [0.15, 0.2) is 16.8 Å². The van der Waals surface area contributed by atoms with Gasteiger partial charge in [0.15, 0.2) is 0 Å². The Morgan fingerprint density at radius 3 is 3.00 bits per heavy atom. The highest BCUT2D eigenvalue weighted by Crippen LogP contribution is 2.26. The molecule has 2 rings (SSSR count). The van der Waals surface area contributed by atoms with Crippen LogP contribution in [0.3, 0.4) is 0 Å². The molecule has 1 aliphatic rings. The Balaban J connectivity index is 2.07. The van der Waals surface area contributed by atoms with Gasteiger partial charge in [-0.3, -0.25) is 0 Å². The van der Waals surface area contributed by atoms with Crippen molar-refractivity contribution < 1.29 is 5.11 Å². The molecule has 0 aliphatic carbocycles. The van der Waals surface area contributed by atoms with Crippen LogP contribution in [0.1, 0.15) is 31.4 Å². The van der Waals surface area contributed by atoms with Crippen molar-refractivity contribution in [2.24, 2.45) is 0 Å². The summed E-state index contributed by atoms with van der Waals surface area (Å²) < 4.78 is 0. The first-order valence-corrected chi connectivity index (χ1v) is 5.66. The Hall–Kier alpha value is -0.380. The van der Waals surface area contributed by atoms with Crippen LogP contribution in [0.2, 0.25) is 0 Å². The number of aliphatic hydroxyl groups is 1. The van der Waals surface area contributed by atoms with Gasteiger partial charge in [-0.2, -0.15) is 11.3 Å². The van der Waals surface area contributed by atoms with Crippen LogP contribution in [-0.4, -0.2) is 17.3 Å². The van der Waals surface area contributed by atoms with Gasteiger partial charge in [0.1, 0.15) is 0 Å². The van der Waals surface area contributed by atoms with E-state index in [-0.39, 0.29) is 6.10 Å². The standard InChI is InChI=1S/C10H15NOS/c1-7-4-9(12)5-10(11-7)8-2-3-13-6-8/h2-3,6-7,9-12H,4-5H2,1H3. The zero-order valence-electron chi connectivity index (χ0n) is 7.73. The summed E-state index contributed by atoms with van der Waals surface area (Å²) in [5.41, 5.74) is 1.32. The maximum Gasteiger partial charge on any atom is 0.0573 e. The summed E-state index contributed by atoms with van der Waals surface area (Å²) in [6.45, 7) is 2.13. The second-order valence-corrected chi connectivity index (χ2v) is 4.58. The normalized spacial score (nSPS) is 34.8. The Labute approximate surface area is 82.6 Å². The summed E-state index contributed by atoms with van der Waals surface area (Å²) in [5.74, 6) is 0. The molecule has 3 atom stereocenters. The quantitative estimate of drug-likeness (QED) is 0.721. The highest BCUT2D eigenvalue weighted by Gasteiger charge is 2.25. The summed E-state index contributed by atoms with van der Waals surface area (Å²) in [4.78, 5) is 0. The third-order valence-corrected chi connectivity index (χ3v) is 3.27. The number of hydrogen-bond acceptors (Lipinski definition) is 3. The first kappa shape index (κ1) is 9.19. The van der Waals surface area contributed by atoms with E-state index >= 15 is 0 Å². The zero-order chi connectivity index (χ0) is 9.26. The van der Waals surface area contributed by atoms with Crippen LogP contribution in [0.25, 0.3) is 0 Å². The van der Waals surface area contributed by atoms with Crippen LogP contribution in [0.4, 0.5) is 0 Å². The van der Waals surface area contributed by atoms with Gasteiger partial charge in [0.2, 0.25) is 0 Å². The fourth-order valence-electron chi connectivity index (χ4n) is 1.96. The van der Waals surface area contributed by atoms with Crippen molar-refractivity contribution in [2.75, 3.05) is 0 Å². The summed E-state index contributed by atoms with van der Waals surface area (Å²) in [7, 11) is 0. The third-order valence-electron chi connectivity index (χ3n) is 2.56.